The Morgan fingerprint density at radius 1 is 1.19 bits per heavy atom. The molecular weight excluding hydrogens is 363 g/mol. The normalized spacial score (nSPS) is 10.3. The highest BCUT2D eigenvalue weighted by Crippen LogP contribution is 2.36. The summed E-state index contributed by atoms with van der Waals surface area (Å²) in [6.07, 6.45) is 0. The lowest BCUT2D eigenvalue weighted by atomic mass is 10.0. The van der Waals surface area contributed by atoms with E-state index in [1.54, 1.807) is 0 Å². The van der Waals surface area contributed by atoms with Crippen molar-refractivity contribution in [2.45, 2.75) is 0 Å². The maximum atomic E-state index is 13.8. The quantitative estimate of drug-likeness (QED) is 0.741. The molecule has 2 rings (SSSR count). The minimum atomic E-state index is -0.603. The number of ketones is 1. The van der Waals surface area contributed by atoms with Crippen molar-refractivity contribution in [1.29, 1.82) is 0 Å². The molecule has 0 heterocycles. The van der Waals surface area contributed by atoms with E-state index < -0.39 is 11.6 Å². The molecular formula is C15H11BrClFO3. The van der Waals surface area contributed by atoms with Gasteiger partial charge in [-0.25, -0.2) is 4.39 Å². The minimum Gasteiger partial charge on any atom is -0.493 e. The van der Waals surface area contributed by atoms with E-state index in [0.717, 1.165) is 0 Å². The van der Waals surface area contributed by atoms with E-state index in [4.69, 9.17) is 21.1 Å². The first kappa shape index (κ1) is 15.8. The first-order valence-corrected chi connectivity index (χ1v) is 7.06. The van der Waals surface area contributed by atoms with Crippen LogP contribution in [0.4, 0.5) is 4.39 Å². The van der Waals surface area contributed by atoms with Crippen molar-refractivity contribution in [2.75, 3.05) is 14.2 Å². The number of methoxy groups -OCH3 is 2. The molecule has 0 aliphatic heterocycles. The molecule has 0 atom stereocenters. The van der Waals surface area contributed by atoms with Gasteiger partial charge in [-0.1, -0.05) is 27.5 Å². The summed E-state index contributed by atoms with van der Waals surface area (Å²) in [6.45, 7) is 0. The van der Waals surface area contributed by atoms with E-state index in [0.29, 0.717) is 16.0 Å². The average Bonchev–Trinajstić information content (AvgIpc) is 2.48. The Morgan fingerprint density at radius 3 is 2.52 bits per heavy atom. The zero-order valence-corrected chi connectivity index (χ0v) is 13.6. The van der Waals surface area contributed by atoms with Gasteiger partial charge in [0, 0.05) is 10.0 Å². The summed E-state index contributed by atoms with van der Waals surface area (Å²) in [5.74, 6) is -0.458. The molecule has 0 N–H and O–H groups in total. The van der Waals surface area contributed by atoms with Gasteiger partial charge in [0.1, 0.15) is 5.82 Å². The standard InChI is InChI=1S/C15H11BrClFO3/c1-20-13-6-8(5-11(17)15(13)21-2)14(19)10-7-9(16)3-4-12(10)18/h3-7H,1-2H3. The summed E-state index contributed by atoms with van der Waals surface area (Å²) < 4.78 is 24.6. The number of ether oxygens (including phenoxy) is 2. The van der Waals surface area contributed by atoms with Crippen LogP contribution in [-0.2, 0) is 0 Å². The van der Waals surface area contributed by atoms with Crippen LogP contribution in [0.5, 0.6) is 11.5 Å². The number of carbonyl (C=O) groups excluding carboxylic acids is 1. The zero-order valence-electron chi connectivity index (χ0n) is 11.2. The lowest BCUT2D eigenvalue weighted by Gasteiger charge is -2.11. The van der Waals surface area contributed by atoms with Gasteiger partial charge in [0.2, 0.25) is 0 Å². The van der Waals surface area contributed by atoms with Crippen LogP contribution >= 0.6 is 27.5 Å². The molecule has 21 heavy (non-hydrogen) atoms. The summed E-state index contributed by atoms with van der Waals surface area (Å²) in [4.78, 5) is 12.4. The molecule has 0 aromatic heterocycles. The fourth-order valence-corrected chi connectivity index (χ4v) is 2.52. The maximum absolute atomic E-state index is 13.8. The van der Waals surface area contributed by atoms with Crippen LogP contribution in [0, 0.1) is 5.82 Å². The molecule has 0 fully saturated rings. The topological polar surface area (TPSA) is 35.5 Å². The second-order valence-electron chi connectivity index (χ2n) is 4.15. The summed E-state index contributed by atoms with van der Waals surface area (Å²) in [7, 11) is 2.88. The van der Waals surface area contributed by atoms with Crippen LogP contribution in [-0.4, -0.2) is 20.0 Å². The van der Waals surface area contributed by atoms with E-state index in [1.807, 2.05) is 0 Å². The lowest BCUT2D eigenvalue weighted by Crippen LogP contribution is -2.05. The number of halogens is 3. The van der Waals surface area contributed by atoms with Crippen molar-refractivity contribution >= 4 is 33.3 Å². The molecule has 3 nitrogen and oxygen atoms in total. The Kier molecular flexibility index (Phi) is 4.85. The van der Waals surface area contributed by atoms with E-state index in [-0.39, 0.29) is 16.1 Å². The number of hydrogen-bond acceptors (Lipinski definition) is 3. The van der Waals surface area contributed by atoms with Crippen LogP contribution in [0.1, 0.15) is 15.9 Å². The molecule has 0 saturated carbocycles. The Balaban J connectivity index is 2.53. The molecule has 0 aliphatic rings. The predicted octanol–water partition coefficient (Wildman–Crippen LogP) is 4.49. The van der Waals surface area contributed by atoms with Crippen LogP contribution < -0.4 is 9.47 Å². The first-order chi connectivity index (χ1) is 9.97. The van der Waals surface area contributed by atoms with Gasteiger partial charge in [0.05, 0.1) is 24.8 Å². The second kappa shape index (κ2) is 6.45. The van der Waals surface area contributed by atoms with Crippen molar-refractivity contribution in [3.8, 4) is 11.5 Å². The first-order valence-electron chi connectivity index (χ1n) is 5.89. The van der Waals surface area contributed by atoms with Gasteiger partial charge in [0.15, 0.2) is 17.3 Å². The number of hydrogen-bond donors (Lipinski definition) is 0. The van der Waals surface area contributed by atoms with Crippen LogP contribution in [0.15, 0.2) is 34.8 Å². The average molecular weight is 374 g/mol. The molecule has 0 radical (unpaired) electrons. The molecule has 0 bridgehead atoms. The smallest absolute Gasteiger partial charge is 0.196 e. The van der Waals surface area contributed by atoms with Gasteiger partial charge in [-0.05, 0) is 30.3 Å². The van der Waals surface area contributed by atoms with Gasteiger partial charge in [0.25, 0.3) is 0 Å². The Morgan fingerprint density at radius 2 is 1.90 bits per heavy atom. The zero-order chi connectivity index (χ0) is 15.6. The highest BCUT2D eigenvalue weighted by molar-refractivity contribution is 9.10. The van der Waals surface area contributed by atoms with Gasteiger partial charge < -0.3 is 9.47 Å². The van der Waals surface area contributed by atoms with Crippen LogP contribution in [0.2, 0.25) is 5.02 Å². The summed E-state index contributed by atoms with van der Waals surface area (Å²) >= 11 is 9.27. The van der Waals surface area contributed by atoms with E-state index in [2.05, 4.69) is 15.9 Å². The fraction of sp³-hybridized carbons (Fsp3) is 0.133. The Hall–Kier alpha value is -1.59. The molecule has 0 unspecified atom stereocenters. The van der Waals surface area contributed by atoms with Crippen molar-refractivity contribution < 1.29 is 18.7 Å². The number of benzene rings is 2. The molecule has 2 aromatic carbocycles. The molecule has 0 aliphatic carbocycles. The van der Waals surface area contributed by atoms with Gasteiger partial charge in [-0.3, -0.25) is 4.79 Å². The second-order valence-corrected chi connectivity index (χ2v) is 5.47. The van der Waals surface area contributed by atoms with Gasteiger partial charge in [-0.15, -0.1) is 0 Å². The third-order valence-electron chi connectivity index (χ3n) is 2.87. The Bertz CT molecular complexity index is 704. The van der Waals surface area contributed by atoms with Crippen molar-refractivity contribution in [3.05, 3.63) is 56.8 Å². The molecule has 0 saturated heterocycles. The Labute approximate surface area is 134 Å². The number of carbonyl (C=O) groups is 1. The van der Waals surface area contributed by atoms with Gasteiger partial charge >= 0.3 is 0 Å². The van der Waals surface area contributed by atoms with Crippen molar-refractivity contribution in [3.63, 3.8) is 0 Å². The lowest BCUT2D eigenvalue weighted by molar-refractivity contribution is 0.103. The van der Waals surface area contributed by atoms with E-state index in [1.165, 1.54) is 44.6 Å². The molecule has 6 heteroatoms. The monoisotopic (exact) mass is 372 g/mol. The van der Waals surface area contributed by atoms with Gasteiger partial charge in [-0.2, -0.15) is 0 Å². The van der Waals surface area contributed by atoms with E-state index in [9.17, 15) is 9.18 Å². The number of rotatable bonds is 4. The summed E-state index contributed by atoms with van der Waals surface area (Å²) in [5, 5.41) is 0.218. The largest absolute Gasteiger partial charge is 0.493 e. The van der Waals surface area contributed by atoms with E-state index >= 15 is 0 Å². The molecule has 0 spiro atoms. The highest BCUT2D eigenvalue weighted by atomic mass is 79.9. The molecule has 110 valence electrons. The third kappa shape index (κ3) is 3.19. The van der Waals surface area contributed by atoms with Crippen LogP contribution in [0.3, 0.4) is 0 Å². The van der Waals surface area contributed by atoms with Crippen molar-refractivity contribution in [1.82, 2.24) is 0 Å². The van der Waals surface area contributed by atoms with Crippen molar-refractivity contribution in [2.24, 2.45) is 0 Å². The fourth-order valence-electron chi connectivity index (χ4n) is 1.88. The predicted molar refractivity (Wildman–Crippen MR) is 82.1 cm³/mol. The maximum Gasteiger partial charge on any atom is 0.196 e. The molecule has 0 amide bonds. The SMILES string of the molecule is COc1cc(C(=O)c2cc(Br)ccc2F)cc(Cl)c1OC. The third-order valence-corrected chi connectivity index (χ3v) is 3.64. The highest BCUT2D eigenvalue weighted by Gasteiger charge is 2.19. The summed E-state index contributed by atoms with van der Waals surface area (Å²) in [5.41, 5.74) is 0.169. The van der Waals surface area contributed by atoms with Crippen LogP contribution in [0.25, 0.3) is 0 Å². The summed E-state index contributed by atoms with van der Waals surface area (Å²) in [6, 6.07) is 7.05. The minimum absolute atomic E-state index is 0.0485. The molecule has 2 aromatic rings.